The van der Waals surface area contributed by atoms with E-state index in [4.69, 9.17) is 14.2 Å². The van der Waals surface area contributed by atoms with Crippen molar-refractivity contribution < 1.29 is 23.4 Å². The van der Waals surface area contributed by atoms with Crippen LogP contribution in [0.15, 0.2) is 36.9 Å². The van der Waals surface area contributed by atoms with Gasteiger partial charge in [0.05, 0.1) is 11.1 Å². The Bertz CT molecular complexity index is 1040. The Morgan fingerprint density at radius 3 is 2.30 bits per heavy atom. The summed E-state index contributed by atoms with van der Waals surface area (Å²) < 4.78 is 31.0. The minimum absolute atomic E-state index is 0.0196. The van der Waals surface area contributed by atoms with Gasteiger partial charge in [-0.2, -0.15) is 0 Å². The molecule has 178 valence electrons. The summed E-state index contributed by atoms with van der Waals surface area (Å²) in [6.45, 7) is 16.9. The van der Waals surface area contributed by atoms with Gasteiger partial charge in [0.2, 0.25) is 0 Å². The maximum absolute atomic E-state index is 15.2. The number of carbonyl (C=O) groups is 1. The van der Waals surface area contributed by atoms with E-state index in [0.717, 1.165) is 0 Å². The molecule has 33 heavy (non-hydrogen) atoms. The van der Waals surface area contributed by atoms with E-state index < -0.39 is 19.9 Å². The molecule has 0 amide bonds. The quantitative estimate of drug-likeness (QED) is 0.132. The molecule has 4 nitrogen and oxygen atoms in total. The van der Waals surface area contributed by atoms with Gasteiger partial charge in [-0.3, -0.25) is 0 Å². The highest BCUT2D eigenvalue weighted by atomic mass is 28.3. The van der Waals surface area contributed by atoms with Gasteiger partial charge in [-0.15, -0.1) is 5.54 Å². The molecule has 0 aromatic heterocycles. The summed E-state index contributed by atoms with van der Waals surface area (Å²) in [6.07, 6.45) is 1.49. The molecule has 0 spiro atoms. The van der Waals surface area contributed by atoms with Gasteiger partial charge in [-0.1, -0.05) is 66.2 Å². The van der Waals surface area contributed by atoms with E-state index in [1.54, 1.807) is 18.2 Å². The molecule has 0 atom stereocenters. The van der Waals surface area contributed by atoms with E-state index in [-0.39, 0.29) is 24.5 Å². The normalized spacial score (nSPS) is 11.6. The molecule has 0 aliphatic heterocycles. The second-order valence-electron chi connectivity index (χ2n) is 9.08. The van der Waals surface area contributed by atoms with E-state index in [2.05, 4.69) is 59.6 Å². The number of halogens is 1. The van der Waals surface area contributed by atoms with Crippen LogP contribution < -0.4 is 4.74 Å². The third-order valence-electron chi connectivity index (χ3n) is 6.21. The van der Waals surface area contributed by atoms with Gasteiger partial charge in [0.1, 0.15) is 26.2 Å². The van der Waals surface area contributed by atoms with Gasteiger partial charge < -0.3 is 14.2 Å². The molecule has 0 unspecified atom stereocenters. The van der Waals surface area contributed by atoms with Crippen LogP contribution in [0, 0.1) is 17.3 Å². The molecule has 0 aliphatic rings. The van der Waals surface area contributed by atoms with E-state index in [1.807, 2.05) is 0 Å². The molecule has 0 aliphatic carbocycles. The van der Waals surface area contributed by atoms with E-state index >= 15 is 4.39 Å². The Kier molecular flexibility index (Phi) is 9.27. The van der Waals surface area contributed by atoms with Crippen LogP contribution >= 0.6 is 0 Å². The summed E-state index contributed by atoms with van der Waals surface area (Å²) >= 11 is 0. The van der Waals surface area contributed by atoms with Crippen molar-refractivity contribution in [2.24, 2.45) is 0 Å². The molecule has 2 rings (SSSR count). The first-order chi connectivity index (χ1) is 15.6. The third-order valence-corrected chi connectivity index (χ3v) is 12.5. The summed E-state index contributed by atoms with van der Waals surface area (Å²) in [5.74, 6) is 2.58. The topological polar surface area (TPSA) is 44.8 Å². The molecular formula is C27H35FO4Si. The fourth-order valence-electron chi connectivity index (χ4n) is 4.72. The number of rotatable bonds is 9. The molecule has 0 N–H and O–H groups in total. The van der Waals surface area contributed by atoms with Crippen LogP contribution in [-0.4, -0.2) is 34.6 Å². The van der Waals surface area contributed by atoms with E-state index in [1.165, 1.54) is 19.3 Å². The number of ether oxygens (including phenoxy) is 3. The van der Waals surface area contributed by atoms with Crippen molar-refractivity contribution in [1.29, 1.82) is 0 Å². The predicted octanol–water partition coefficient (Wildman–Crippen LogP) is 6.87. The first-order valence-electron chi connectivity index (χ1n) is 11.3. The van der Waals surface area contributed by atoms with Crippen LogP contribution in [0.2, 0.25) is 16.6 Å². The lowest BCUT2D eigenvalue weighted by molar-refractivity contribution is 0.0499. The highest BCUT2D eigenvalue weighted by Gasteiger charge is 2.41. The largest absolute Gasteiger partial charge is 0.468 e. The summed E-state index contributed by atoms with van der Waals surface area (Å²) in [5.41, 5.74) is 5.18. The first-order valence-corrected chi connectivity index (χ1v) is 13.5. The fraction of sp³-hybridized carbons (Fsp3) is 0.444. The van der Waals surface area contributed by atoms with Crippen molar-refractivity contribution in [3.05, 3.63) is 53.9 Å². The van der Waals surface area contributed by atoms with Crippen molar-refractivity contribution in [1.82, 2.24) is 0 Å². The monoisotopic (exact) mass is 470 g/mol. The van der Waals surface area contributed by atoms with Crippen LogP contribution in [0.25, 0.3) is 10.8 Å². The van der Waals surface area contributed by atoms with Crippen molar-refractivity contribution in [2.45, 2.75) is 58.2 Å². The minimum Gasteiger partial charge on any atom is -0.468 e. The van der Waals surface area contributed by atoms with Crippen molar-refractivity contribution in [3.63, 3.8) is 0 Å². The lowest BCUT2D eigenvalue weighted by atomic mass is 9.98. The molecule has 0 bridgehead atoms. The Morgan fingerprint density at radius 2 is 1.76 bits per heavy atom. The number of hydrogen-bond acceptors (Lipinski definition) is 4. The summed E-state index contributed by atoms with van der Waals surface area (Å²) in [6, 6.07) is 6.31. The van der Waals surface area contributed by atoms with Gasteiger partial charge in [-0.25, -0.2) is 9.18 Å². The Labute approximate surface area is 198 Å². The second-order valence-corrected chi connectivity index (χ2v) is 14.7. The standard InChI is InChI=1S/C27H35FO4Si/c1-9-13-31-27(29)24-16-22(32-17-30-8)15-21-10-11-25(28)23(26(21)24)12-14-33(18(2)3,19(4)5)20(6)7/h9-11,15-16,18-20H,1,13,17H2,2-8H3. The smallest absolute Gasteiger partial charge is 0.339 e. The van der Waals surface area contributed by atoms with Gasteiger partial charge in [-0.05, 0) is 40.2 Å². The van der Waals surface area contributed by atoms with Crippen LogP contribution in [0.1, 0.15) is 57.5 Å². The third kappa shape index (κ3) is 5.66. The molecule has 2 aromatic rings. The molecule has 6 heteroatoms. The maximum atomic E-state index is 15.2. The van der Waals surface area contributed by atoms with Crippen molar-refractivity contribution in [3.8, 4) is 17.2 Å². The minimum atomic E-state index is -2.11. The second kappa shape index (κ2) is 11.5. The molecule has 0 saturated carbocycles. The average molecular weight is 471 g/mol. The van der Waals surface area contributed by atoms with Crippen LogP contribution in [-0.2, 0) is 9.47 Å². The molecule has 0 heterocycles. The zero-order valence-electron chi connectivity index (χ0n) is 20.8. The van der Waals surface area contributed by atoms with Crippen LogP contribution in [0.4, 0.5) is 4.39 Å². The zero-order valence-corrected chi connectivity index (χ0v) is 21.8. The van der Waals surface area contributed by atoms with Crippen molar-refractivity contribution >= 4 is 24.8 Å². The zero-order chi connectivity index (χ0) is 24.8. The molecule has 0 fully saturated rings. The molecule has 2 aromatic carbocycles. The lowest BCUT2D eigenvalue weighted by Gasteiger charge is -2.38. The summed E-state index contributed by atoms with van der Waals surface area (Å²) in [7, 11) is -0.602. The van der Waals surface area contributed by atoms with Gasteiger partial charge >= 0.3 is 5.97 Å². The van der Waals surface area contributed by atoms with Crippen molar-refractivity contribution in [2.75, 3.05) is 20.5 Å². The number of carbonyl (C=O) groups excluding carboxylic acids is 1. The molecule has 0 radical (unpaired) electrons. The predicted molar refractivity (Wildman–Crippen MR) is 135 cm³/mol. The SMILES string of the molecule is C=CCOC(=O)c1cc(OCOC)cc2ccc(F)c(C#C[Si](C(C)C)(C(C)C)C(C)C)c12. The number of methoxy groups -OCH3 is 1. The van der Waals surface area contributed by atoms with Crippen LogP contribution in [0.3, 0.4) is 0 Å². The maximum Gasteiger partial charge on any atom is 0.339 e. The Morgan fingerprint density at radius 1 is 1.12 bits per heavy atom. The van der Waals surface area contributed by atoms with Gasteiger partial charge in [0.25, 0.3) is 0 Å². The number of esters is 1. The Hall–Kier alpha value is -2.62. The summed E-state index contributed by atoms with van der Waals surface area (Å²) in [4.78, 5) is 12.9. The Balaban J connectivity index is 2.84. The number of fused-ring (bicyclic) bond motifs is 1. The van der Waals surface area contributed by atoms with Gasteiger partial charge in [0.15, 0.2) is 6.79 Å². The fourth-order valence-corrected chi connectivity index (χ4v) is 9.93. The van der Waals surface area contributed by atoms with Crippen LogP contribution in [0.5, 0.6) is 5.75 Å². The number of hydrogen-bond donors (Lipinski definition) is 0. The average Bonchev–Trinajstić information content (AvgIpc) is 2.76. The highest BCUT2D eigenvalue weighted by molar-refractivity contribution is 6.90. The lowest BCUT2D eigenvalue weighted by Crippen LogP contribution is -2.43. The van der Waals surface area contributed by atoms with Gasteiger partial charge in [0, 0.05) is 12.5 Å². The number of benzene rings is 2. The summed E-state index contributed by atoms with van der Waals surface area (Å²) in [5, 5.41) is 1.08. The molecular weight excluding hydrogens is 435 g/mol. The van der Waals surface area contributed by atoms with E-state index in [0.29, 0.717) is 33.1 Å². The molecule has 0 saturated heterocycles. The highest BCUT2D eigenvalue weighted by Crippen LogP contribution is 2.41. The van der Waals surface area contributed by atoms with E-state index in [9.17, 15) is 4.79 Å². The first kappa shape index (κ1) is 26.6.